The predicted octanol–water partition coefficient (Wildman–Crippen LogP) is 1.43. The van der Waals surface area contributed by atoms with Gasteiger partial charge in [-0.15, -0.1) is 0 Å². The van der Waals surface area contributed by atoms with Gasteiger partial charge in [0.15, 0.2) is 0 Å². The number of aliphatic hydroxyl groups excluding tert-OH is 1. The van der Waals surface area contributed by atoms with E-state index in [2.05, 4.69) is 5.32 Å². The van der Waals surface area contributed by atoms with Gasteiger partial charge in [0, 0.05) is 23.7 Å². The Kier molecular flexibility index (Phi) is 4.58. The maximum Gasteiger partial charge on any atom is 0.124 e. The van der Waals surface area contributed by atoms with Gasteiger partial charge in [0.2, 0.25) is 0 Å². The van der Waals surface area contributed by atoms with Gasteiger partial charge >= 0.3 is 0 Å². The van der Waals surface area contributed by atoms with Crippen molar-refractivity contribution in [1.82, 2.24) is 5.32 Å². The summed E-state index contributed by atoms with van der Waals surface area (Å²) in [5.74, 6) is 0.827. The third-order valence-electron chi connectivity index (χ3n) is 2.51. The number of phenolic OH excluding ortho intramolecular Hbond substituents is 1. The van der Waals surface area contributed by atoms with Crippen molar-refractivity contribution in [3.63, 3.8) is 0 Å². The SMILES string of the molecule is COc1ccc(C(C)N[C@@H](C)CO)c(O)c1. The highest BCUT2D eigenvalue weighted by atomic mass is 16.5. The van der Waals surface area contributed by atoms with Crippen molar-refractivity contribution < 1.29 is 14.9 Å². The van der Waals surface area contributed by atoms with Crippen LogP contribution < -0.4 is 10.1 Å². The van der Waals surface area contributed by atoms with E-state index in [-0.39, 0.29) is 24.4 Å². The van der Waals surface area contributed by atoms with Gasteiger partial charge in [-0.2, -0.15) is 0 Å². The summed E-state index contributed by atoms with van der Waals surface area (Å²) in [6, 6.07) is 5.17. The Morgan fingerprint density at radius 3 is 2.56 bits per heavy atom. The summed E-state index contributed by atoms with van der Waals surface area (Å²) in [6.45, 7) is 3.89. The van der Waals surface area contributed by atoms with E-state index in [9.17, 15) is 5.11 Å². The third kappa shape index (κ3) is 3.12. The molecule has 0 aliphatic rings. The van der Waals surface area contributed by atoms with E-state index in [1.54, 1.807) is 19.2 Å². The van der Waals surface area contributed by atoms with Crippen molar-refractivity contribution in [2.75, 3.05) is 13.7 Å². The number of rotatable bonds is 5. The molecule has 0 saturated heterocycles. The Morgan fingerprint density at radius 1 is 1.38 bits per heavy atom. The van der Waals surface area contributed by atoms with E-state index in [0.29, 0.717) is 5.75 Å². The molecule has 1 rings (SSSR count). The Morgan fingerprint density at radius 2 is 2.06 bits per heavy atom. The molecule has 0 bridgehead atoms. The number of aromatic hydroxyl groups is 1. The molecular formula is C12H19NO3. The van der Waals surface area contributed by atoms with Crippen LogP contribution in [0.25, 0.3) is 0 Å². The van der Waals surface area contributed by atoms with Crippen LogP contribution >= 0.6 is 0 Å². The molecule has 0 aliphatic heterocycles. The lowest BCUT2D eigenvalue weighted by Crippen LogP contribution is -2.31. The number of hydrogen-bond acceptors (Lipinski definition) is 4. The van der Waals surface area contributed by atoms with E-state index in [4.69, 9.17) is 9.84 Å². The van der Waals surface area contributed by atoms with Crippen LogP contribution in [0, 0.1) is 0 Å². The lowest BCUT2D eigenvalue weighted by Gasteiger charge is -2.19. The van der Waals surface area contributed by atoms with Crippen LogP contribution in [-0.4, -0.2) is 30.0 Å². The van der Waals surface area contributed by atoms with Crippen LogP contribution in [0.3, 0.4) is 0 Å². The average molecular weight is 225 g/mol. The fraction of sp³-hybridized carbons (Fsp3) is 0.500. The zero-order chi connectivity index (χ0) is 12.1. The summed E-state index contributed by atoms with van der Waals surface area (Å²) in [6.07, 6.45) is 0. The van der Waals surface area contributed by atoms with Crippen molar-refractivity contribution in [3.8, 4) is 11.5 Å². The molecule has 1 aromatic carbocycles. The summed E-state index contributed by atoms with van der Waals surface area (Å²) in [5.41, 5.74) is 0.793. The monoisotopic (exact) mass is 225 g/mol. The third-order valence-corrected chi connectivity index (χ3v) is 2.51. The zero-order valence-corrected chi connectivity index (χ0v) is 9.90. The molecule has 1 aromatic rings. The minimum absolute atomic E-state index is 0.00324. The van der Waals surface area contributed by atoms with Gasteiger partial charge in [0.25, 0.3) is 0 Å². The quantitative estimate of drug-likeness (QED) is 0.709. The van der Waals surface area contributed by atoms with Crippen molar-refractivity contribution in [1.29, 1.82) is 0 Å². The first kappa shape index (κ1) is 12.8. The van der Waals surface area contributed by atoms with E-state index in [1.165, 1.54) is 0 Å². The van der Waals surface area contributed by atoms with Gasteiger partial charge in [-0.1, -0.05) is 6.07 Å². The molecule has 0 amide bonds. The highest BCUT2D eigenvalue weighted by Crippen LogP contribution is 2.28. The van der Waals surface area contributed by atoms with Crippen molar-refractivity contribution in [3.05, 3.63) is 23.8 Å². The fourth-order valence-corrected chi connectivity index (χ4v) is 1.59. The Hall–Kier alpha value is -1.26. The first-order chi connectivity index (χ1) is 7.58. The number of hydrogen-bond donors (Lipinski definition) is 3. The Balaban J connectivity index is 2.79. The minimum atomic E-state index is -0.0203. The molecule has 0 spiro atoms. The van der Waals surface area contributed by atoms with Crippen LogP contribution in [0.2, 0.25) is 0 Å². The molecule has 0 fully saturated rings. The second-order valence-electron chi connectivity index (χ2n) is 3.90. The molecule has 0 aromatic heterocycles. The van der Waals surface area contributed by atoms with Gasteiger partial charge in [0.05, 0.1) is 13.7 Å². The molecular weight excluding hydrogens is 206 g/mol. The Labute approximate surface area is 95.9 Å². The second-order valence-corrected chi connectivity index (χ2v) is 3.90. The van der Waals surface area contributed by atoms with E-state index < -0.39 is 0 Å². The molecule has 3 N–H and O–H groups in total. The van der Waals surface area contributed by atoms with E-state index >= 15 is 0 Å². The maximum absolute atomic E-state index is 9.80. The molecule has 90 valence electrons. The highest BCUT2D eigenvalue weighted by molar-refractivity contribution is 5.41. The zero-order valence-electron chi connectivity index (χ0n) is 9.90. The number of aliphatic hydroxyl groups is 1. The highest BCUT2D eigenvalue weighted by Gasteiger charge is 2.12. The largest absolute Gasteiger partial charge is 0.507 e. The minimum Gasteiger partial charge on any atom is -0.507 e. The normalized spacial score (nSPS) is 14.5. The molecule has 1 unspecified atom stereocenters. The number of ether oxygens (including phenoxy) is 1. The van der Waals surface area contributed by atoms with E-state index in [0.717, 1.165) is 5.56 Å². The molecule has 2 atom stereocenters. The Bertz CT molecular complexity index is 341. The number of nitrogens with one attached hydrogen (secondary N) is 1. The summed E-state index contributed by atoms with van der Waals surface area (Å²) < 4.78 is 5.01. The molecule has 0 saturated carbocycles. The van der Waals surface area contributed by atoms with Gasteiger partial charge in [0.1, 0.15) is 11.5 Å². The number of benzene rings is 1. The summed E-state index contributed by atoms with van der Waals surface area (Å²) in [4.78, 5) is 0. The summed E-state index contributed by atoms with van der Waals surface area (Å²) in [7, 11) is 1.56. The van der Waals surface area contributed by atoms with Crippen LogP contribution in [-0.2, 0) is 0 Å². The first-order valence-electron chi connectivity index (χ1n) is 5.32. The molecule has 16 heavy (non-hydrogen) atoms. The lowest BCUT2D eigenvalue weighted by molar-refractivity contribution is 0.242. The molecule has 0 radical (unpaired) electrons. The molecule has 4 heteroatoms. The standard InChI is InChI=1S/C12H19NO3/c1-8(7-14)13-9(2)11-5-4-10(16-3)6-12(11)15/h4-6,8-9,13-15H,7H2,1-3H3/t8-,9?/m0/s1. The second kappa shape index (κ2) is 5.72. The van der Waals surface area contributed by atoms with Crippen molar-refractivity contribution in [2.24, 2.45) is 0 Å². The molecule has 0 heterocycles. The van der Waals surface area contributed by atoms with Gasteiger partial charge in [-0.05, 0) is 19.9 Å². The lowest BCUT2D eigenvalue weighted by atomic mass is 10.1. The predicted molar refractivity (Wildman–Crippen MR) is 62.8 cm³/mol. The number of methoxy groups -OCH3 is 1. The smallest absolute Gasteiger partial charge is 0.124 e. The van der Waals surface area contributed by atoms with Crippen molar-refractivity contribution in [2.45, 2.75) is 25.9 Å². The van der Waals surface area contributed by atoms with E-state index in [1.807, 2.05) is 19.9 Å². The first-order valence-corrected chi connectivity index (χ1v) is 5.32. The van der Waals surface area contributed by atoms with Crippen molar-refractivity contribution >= 4 is 0 Å². The summed E-state index contributed by atoms with van der Waals surface area (Å²) >= 11 is 0. The van der Waals surface area contributed by atoms with Gasteiger partial charge < -0.3 is 20.3 Å². The van der Waals surface area contributed by atoms with Crippen LogP contribution in [0.5, 0.6) is 11.5 Å². The van der Waals surface area contributed by atoms with Crippen LogP contribution in [0.4, 0.5) is 0 Å². The molecule has 4 nitrogen and oxygen atoms in total. The van der Waals surface area contributed by atoms with Crippen LogP contribution in [0.15, 0.2) is 18.2 Å². The van der Waals surface area contributed by atoms with Gasteiger partial charge in [-0.25, -0.2) is 0 Å². The molecule has 0 aliphatic carbocycles. The average Bonchev–Trinajstić information content (AvgIpc) is 2.28. The fourth-order valence-electron chi connectivity index (χ4n) is 1.59. The number of phenols is 1. The van der Waals surface area contributed by atoms with Gasteiger partial charge in [-0.3, -0.25) is 0 Å². The maximum atomic E-state index is 9.80. The van der Waals surface area contributed by atoms with Crippen LogP contribution in [0.1, 0.15) is 25.5 Å². The summed E-state index contributed by atoms with van der Waals surface area (Å²) in [5, 5.41) is 21.9. The topological polar surface area (TPSA) is 61.7 Å².